The lowest BCUT2D eigenvalue weighted by Crippen LogP contribution is -2.39. The van der Waals surface area contributed by atoms with Gasteiger partial charge in [0.05, 0.1) is 0 Å². The normalized spacial score (nSPS) is 13.8. The summed E-state index contributed by atoms with van der Waals surface area (Å²) in [5.41, 5.74) is 5.17. The van der Waals surface area contributed by atoms with Gasteiger partial charge in [-0.2, -0.15) is 0 Å². The van der Waals surface area contributed by atoms with Gasteiger partial charge >= 0.3 is 0 Å². The van der Waals surface area contributed by atoms with Crippen molar-refractivity contribution in [2.75, 3.05) is 18.6 Å². The summed E-state index contributed by atoms with van der Waals surface area (Å²) in [6, 6.07) is 0. The van der Waals surface area contributed by atoms with Gasteiger partial charge in [-0.05, 0) is 13.8 Å². The zero-order valence-corrected chi connectivity index (χ0v) is 9.24. The highest BCUT2D eigenvalue weighted by Crippen LogP contribution is 2.01. The van der Waals surface area contributed by atoms with Crippen LogP contribution in [-0.4, -0.2) is 34.2 Å². The number of nitrogens with two attached hydrogens (primary N) is 1. The summed E-state index contributed by atoms with van der Waals surface area (Å²) in [6.07, 6.45) is 1.91. The Hall–Kier alpha value is -0.420. The van der Waals surface area contributed by atoms with Gasteiger partial charge < -0.3 is 11.1 Å². The molecule has 0 bridgehead atoms. The van der Waals surface area contributed by atoms with Crippen LogP contribution in [0.4, 0.5) is 0 Å². The SMILES string of the molecule is CS(=O)CCNC(=O)CC(C)(C)N. The van der Waals surface area contributed by atoms with Crippen LogP contribution in [0.15, 0.2) is 0 Å². The molecular weight excluding hydrogens is 188 g/mol. The van der Waals surface area contributed by atoms with E-state index >= 15 is 0 Å². The topological polar surface area (TPSA) is 72.2 Å². The standard InChI is InChI=1S/C8H18N2O2S/c1-8(2,9)6-7(11)10-4-5-13(3)12/h4-6,9H2,1-3H3,(H,10,11). The van der Waals surface area contributed by atoms with Gasteiger partial charge in [-0.3, -0.25) is 9.00 Å². The predicted octanol–water partition coefficient (Wildman–Crippen LogP) is -0.391. The lowest BCUT2D eigenvalue weighted by molar-refractivity contribution is -0.121. The van der Waals surface area contributed by atoms with Crippen LogP contribution in [0.5, 0.6) is 0 Å². The van der Waals surface area contributed by atoms with E-state index in [0.717, 1.165) is 0 Å². The van der Waals surface area contributed by atoms with Crippen molar-refractivity contribution in [2.24, 2.45) is 5.73 Å². The third-order valence-corrected chi connectivity index (χ3v) is 2.11. The Kier molecular flexibility index (Phi) is 5.17. The molecule has 0 saturated heterocycles. The number of rotatable bonds is 5. The van der Waals surface area contributed by atoms with E-state index in [-0.39, 0.29) is 5.91 Å². The quantitative estimate of drug-likeness (QED) is 0.643. The zero-order chi connectivity index (χ0) is 10.5. The average molecular weight is 206 g/mol. The number of hydrogen-bond acceptors (Lipinski definition) is 3. The Morgan fingerprint density at radius 2 is 2.08 bits per heavy atom. The Labute approximate surface area is 81.7 Å². The van der Waals surface area contributed by atoms with Gasteiger partial charge in [0.1, 0.15) is 0 Å². The number of amides is 1. The Balaban J connectivity index is 3.59. The molecule has 1 unspecified atom stereocenters. The molecule has 0 fully saturated rings. The minimum absolute atomic E-state index is 0.0852. The number of nitrogens with one attached hydrogen (secondary N) is 1. The second-order valence-corrected chi connectivity index (χ2v) is 5.35. The van der Waals surface area contributed by atoms with Crippen LogP contribution >= 0.6 is 0 Å². The lowest BCUT2D eigenvalue weighted by atomic mass is 10.0. The van der Waals surface area contributed by atoms with Gasteiger partial charge in [0.15, 0.2) is 0 Å². The van der Waals surface area contributed by atoms with Crippen LogP contribution in [0.3, 0.4) is 0 Å². The fourth-order valence-corrected chi connectivity index (χ4v) is 1.20. The molecule has 3 N–H and O–H groups in total. The largest absolute Gasteiger partial charge is 0.355 e. The number of hydrogen-bond donors (Lipinski definition) is 2. The van der Waals surface area contributed by atoms with Crippen molar-refractivity contribution in [1.29, 1.82) is 0 Å². The number of carbonyl (C=O) groups is 1. The molecule has 0 spiro atoms. The summed E-state index contributed by atoms with van der Waals surface area (Å²) in [7, 11) is -0.851. The molecule has 4 nitrogen and oxygen atoms in total. The molecule has 0 aliphatic carbocycles. The van der Waals surface area contributed by atoms with Crippen molar-refractivity contribution in [3.8, 4) is 0 Å². The van der Waals surface area contributed by atoms with Crippen molar-refractivity contribution in [3.63, 3.8) is 0 Å². The summed E-state index contributed by atoms with van der Waals surface area (Å²) in [5.74, 6) is 0.412. The molecule has 5 heteroatoms. The maximum absolute atomic E-state index is 11.2. The van der Waals surface area contributed by atoms with Gasteiger partial charge in [0, 0.05) is 41.3 Å². The molecule has 0 aromatic carbocycles. The van der Waals surface area contributed by atoms with Crippen molar-refractivity contribution in [3.05, 3.63) is 0 Å². The molecule has 0 aliphatic rings. The molecule has 0 rings (SSSR count). The summed E-state index contributed by atoms with van der Waals surface area (Å²) in [4.78, 5) is 11.2. The molecular formula is C8H18N2O2S. The van der Waals surface area contributed by atoms with Crippen LogP contribution in [0.2, 0.25) is 0 Å². The molecule has 0 aromatic heterocycles. The third kappa shape index (κ3) is 9.49. The maximum Gasteiger partial charge on any atom is 0.221 e. The first-order valence-electron chi connectivity index (χ1n) is 4.17. The first kappa shape index (κ1) is 12.6. The third-order valence-electron chi connectivity index (χ3n) is 1.33. The molecule has 1 atom stereocenters. The van der Waals surface area contributed by atoms with Crippen molar-refractivity contribution in [2.45, 2.75) is 25.8 Å². The molecule has 78 valence electrons. The van der Waals surface area contributed by atoms with E-state index in [1.807, 2.05) is 0 Å². The van der Waals surface area contributed by atoms with Crippen molar-refractivity contribution < 1.29 is 9.00 Å². The van der Waals surface area contributed by atoms with Crippen LogP contribution in [-0.2, 0) is 15.6 Å². The Morgan fingerprint density at radius 3 is 2.46 bits per heavy atom. The van der Waals surface area contributed by atoms with Gasteiger partial charge in [0.2, 0.25) is 5.91 Å². The second kappa shape index (κ2) is 5.34. The van der Waals surface area contributed by atoms with E-state index in [0.29, 0.717) is 18.7 Å². The zero-order valence-electron chi connectivity index (χ0n) is 8.42. The van der Waals surface area contributed by atoms with E-state index in [9.17, 15) is 9.00 Å². The van der Waals surface area contributed by atoms with E-state index < -0.39 is 16.3 Å². The minimum Gasteiger partial charge on any atom is -0.355 e. The van der Waals surface area contributed by atoms with Crippen LogP contribution < -0.4 is 11.1 Å². The molecule has 13 heavy (non-hydrogen) atoms. The molecule has 0 radical (unpaired) electrons. The second-order valence-electron chi connectivity index (χ2n) is 3.79. The summed E-state index contributed by atoms with van der Waals surface area (Å²) in [6.45, 7) is 4.05. The number of carbonyl (C=O) groups excluding carboxylic acids is 1. The summed E-state index contributed by atoms with van der Waals surface area (Å²) >= 11 is 0. The highest BCUT2D eigenvalue weighted by atomic mass is 32.2. The van der Waals surface area contributed by atoms with Gasteiger partial charge in [-0.15, -0.1) is 0 Å². The monoisotopic (exact) mass is 206 g/mol. The van der Waals surface area contributed by atoms with E-state index in [1.165, 1.54) is 0 Å². The molecule has 0 aliphatic heterocycles. The van der Waals surface area contributed by atoms with E-state index in [4.69, 9.17) is 5.73 Å². The van der Waals surface area contributed by atoms with Crippen LogP contribution in [0.1, 0.15) is 20.3 Å². The van der Waals surface area contributed by atoms with Crippen molar-refractivity contribution in [1.82, 2.24) is 5.32 Å². The van der Waals surface area contributed by atoms with Crippen LogP contribution in [0, 0.1) is 0 Å². The Bertz CT molecular complexity index is 199. The highest BCUT2D eigenvalue weighted by molar-refractivity contribution is 7.84. The predicted molar refractivity (Wildman–Crippen MR) is 54.8 cm³/mol. The first-order valence-corrected chi connectivity index (χ1v) is 5.89. The van der Waals surface area contributed by atoms with E-state index in [1.54, 1.807) is 20.1 Å². The first-order chi connectivity index (χ1) is 5.81. The minimum atomic E-state index is -0.851. The molecule has 0 heterocycles. The highest BCUT2D eigenvalue weighted by Gasteiger charge is 2.15. The lowest BCUT2D eigenvalue weighted by Gasteiger charge is -2.17. The smallest absolute Gasteiger partial charge is 0.221 e. The van der Waals surface area contributed by atoms with Gasteiger partial charge in [-0.1, -0.05) is 0 Å². The Morgan fingerprint density at radius 1 is 1.54 bits per heavy atom. The van der Waals surface area contributed by atoms with E-state index in [2.05, 4.69) is 5.32 Å². The molecule has 0 aromatic rings. The molecule has 0 saturated carbocycles. The van der Waals surface area contributed by atoms with Gasteiger partial charge in [-0.25, -0.2) is 0 Å². The van der Waals surface area contributed by atoms with Gasteiger partial charge in [0.25, 0.3) is 0 Å². The van der Waals surface area contributed by atoms with Crippen LogP contribution in [0.25, 0.3) is 0 Å². The maximum atomic E-state index is 11.2. The van der Waals surface area contributed by atoms with Crippen molar-refractivity contribution >= 4 is 16.7 Å². The summed E-state index contributed by atoms with van der Waals surface area (Å²) < 4.78 is 10.6. The average Bonchev–Trinajstić information content (AvgIpc) is 1.81. The fourth-order valence-electron chi connectivity index (χ4n) is 0.810. The molecule has 1 amide bonds. The summed E-state index contributed by atoms with van der Waals surface area (Å²) in [5, 5.41) is 2.66. The fraction of sp³-hybridized carbons (Fsp3) is 0.875.